The molecule has 6 fully saturated rings. The van der Waals surface area contributed by atoms with Crippen LogP contribution in [-0.4, -0.2) is 41.3 Å². The molecule has 2 saturated heterocycles. The van der Waals surface area contributed by atoms with Gasteiger partial charge in [-0.25, -0.2) is 0 Å². The Balaban J connectivity index is 0.952. The molecule has 6 aliphatic rings. The van der Waals surface area contributed by atoms with Gasteiger partial charge in [-0.1, -0.05) is 33.8 Å². The summed E-state index contributed by atoms with van der Waals surface area (Å²) in [6.45, 7) is 11.2. The van der Waals surface area contributed by atoms with Crippen molar-refractivity contribution in [3.8, 4) is 0 Å². The predicted octanol–water partition coefficient (Wildman–Crippen LogP) is 6.02. The number of pyridine rings is 1. The third-order valence-corrected chi connectivity index (χ3v) is 13.8. The summed E-state index contributed by atoms with van der Waals surface area (Å²) in [6.07, 6.45) is 15.7. The van der Waals surface area contributed by atoms with Gasteiger partial charge in [0.05, 0.1) is 12.7 Å². The molecule has 7 heteroatoms. The third kappa shape index (κ3) is 5.05. The monoisotopic (exact) mass is 591 g/mol. The van der Waals surface area contributed by atoms with Crippen molar-refractivity contribution in [3.05, 3.63) is 30.1 Å². The zero-order valence-electron chi connectivity index (χ0n) is 26.8. The van der Waals surface area contributed by atoms with Crippen LogP contribution in [0.25, 0.3) is 0 Å². The first kappa shape index (κ1) is 29.7. The van der Waals surface area contributed by atoms with Crippen molar-refractivity contribution in [2.45, 2.75) is 123 Å². The molecule has 43 heavy (non-hydrogen) atoms. The Bertz CT molecular complexity index is 1200. The van der Waals surface area contributed by atoms with Crippen LogP contribution in [0.3, 0.4) is 0 Å². The molecule has 3 heterocycles. The first-order valence-electron chi connectivity index (χ1n) is 17.4. The normalized spacial score (nSPS) is 46.7. The Morgan fingerprint density at radius 2 is 1.81 bits per heavy atom. The molecule has 0 aromatic carbocycles. The van der Waals surface area contributed by atoms with Gasteiger partial charge in [0.1, 0.15) is 6.42 Å². The molecular formula is C36H53N3O4. The summed E-state index contributed by atoms with van der Waals surface area (Å²) in [5, 5.41) is 6.09. The number of nitrogens with zero attached hydrogens (tertiary/aromatic N) is 1. The van der Waals surface area contributed by atoms with Crippen molar-refractivity contribution in [1.82, 2.24) is 15.6 Å². The fraction of sp³-hybridized carbons (Fsp3) is 0.806. The van der Waals surface area contributed by atoms with E-state index in [-0.39, 0.29) is 30.1 Å². The minimum atomic E-state index is -0.334. The second kappa shape index (κ2) is 11.1. The van der Waals surface area contributed by atoms with Crippen molar-refractivity contribution in [2.75, 3.05) is 6.61 Å². The van der Waals surface area contributed by atoms with Crippen molar-refractivity contribution in [3.63, 3.8) is 0 Å². The molecule has 1 spiro atoms. The molecule has 0 bridgehead atoms. The summed E-state index contributed by atoms with van der Waals surface area (Å²) in [6, 6.07) is 3.94. The maximum absolute atomic E-state index is 12.8. The topological polar surface area (TPSA) is 89.5 Å². The second-order valence-corrected chi connectivity index (χ2v) is 16.0. The average molecular weight is 592 g/mol. The number of nitrogens with one attached hydrogen (secondary N) is 2. The SMILES string of the molecule is C[C@H]1CC[C@@]2(OC1)O[C@H]1C[C@H]3[C@@H]4CC[C@@H]5C[C@@H](NC(=O)CC(=O)NCc6cccnc6)CC[C@]5(C)[C@H]4CC[C@]3(C)[C@H]1[C@@H]2C. The van der Waals surface area contributed by atoms with Gasteiger partial charge in [-0.2, -0.15) is 0 Å². The number of hydrogen-bond acceptors (Lipinski definition) is 5. The summed E-state index contributed by atoms with van der Waals surface area (Å²) in [5.41, 5.74) is 1.63. The minimum Gasteiger partial charge on any atom is -0.353 e. The van der Waals surface area contributed by atoms with E-state index in [9.17, 15) is 9.59 Å². The lowest BCUT2D eigenvalue weighted by Gasteiger charge is -2.61. The van der Waals surface area contributed by atoms with Crippen molar-refractivity contribution in [2.24, 2.45) is 52.3 Å². The maximum Gasteiger partial charge on any atom is 0.229 e. The minimum absolute atomic E-state index is 0.113. The van der Waals surface area contributed by atoms with Gasteiger partial charge in [0, 0.05) is 37.3 Å². The van der Waals surface area contributed by atoms with Gasteiger partial charge in [0.2, 0.25) is 11.8 Å². The standard InChI is InChI=1S/C36H53N3O4/c1-22-9-14-36(42-21-22)23(2)33-30(43-36)17-29-27-8-7-25-16-26(10-12-34(25,3)28(27)11-13-35(29,33)4)39-32(41)18-31(40)38-20-24-6-5-15-37-19-24/h5-6,15,19,22-23,25-30,33H,7-14,16-18,20-21H2,1-4H3,(H,38,40)(H,39,41)/t22-,23-,25+,26-,27+,28-,29-,30-,33-,34-,35-,36+/m0/s1. The molecule has 0 unspecified atom stereocenters. The van der Waals surface area contributed by atoms with E-state index in [2.05, 4.69) is 43.3 Å². The molecule has 2 N–H and O–H groups in total. The number of rotatable bonds is 5. The number of amides is 2. The van der Waals surface area contributed by atoms with Crippen LogP contribution in [0.5, 0.6) is 0 Å². The number of fused-ring (bicyclic) bond motifs is 7. The number of aromatic nitrogens is 1. The van der Waals surface area contributed by atoms with Gasteiger partial charge in [-0.15, -0.1) is 0 Å². The van der Waals surface area contributed by atoms with E-state index in [0.717, 1.165) is 49.2 Å². The van der Waals surface area contributed by atoms with Crippen LogP contribution in [0.1, 0.15) is 104 Å². The highest BCUT2D eigenvalue weighted by Crippen LogP contribution is 2.71. The smallest absolute Gasteiger partial charge is 0.229 e. The Morgan fingerprint density at radius 3 is 2.58 bits per heavy atom. The Morgan fingerprint density at radius 1 is 0.977 bits per heavy atom. The van der Waals surface area contributed by atoms with E-state index >= 15 is 0 Å². The Hall–Kier alpha value is -1.99. The fourth-order valence-electron chi connectivity index (χ4n) is 11.6. The van der Waals surface area contributed by atoms with Crippen molar-refractivity contribution in [1.29, 1.82) is 0 Å². The van der Waals surface area contributed by atoms with E-state index in [1.807, 2.05) is 12.1 Å². The first-order valence-corrected chi connectivity index (χ1v) is 17.4. The largest absolute Gasteiger partial charge is 0.353 e. The number of hydrogen-bond donors (Lipinski definition) is 2. The van der Waals surface area contributed by atoms with E-state index in [4.69, 9.17) is 9.47 Å². The third-order valence-electron chi connectivity index (χ3n) is 13.8. The van der Waals surface area contributed by atoms with Gasteiger partial charge in [-0.05, 0) is 116 Å². The lowest BCUT2D eigenvalue weighted by Crippen LogP contribution is -2.56. The lowest BCUT2D eigenvalue weighted by molar-refractivity contribution is -0.273. The molecule has 236 valence electrons. The first-order chi connectivity index (χ1) is 20.6. The zero-order valence-corrected chi connectivity index (χ0v) is 26.8. The number of carbonyl (C=O) groups excluding carboxylic acids is 2. The highest BCUT2D eigenvalue weighted by Gasteiger charge is 2.69. The van der Waals surface area contributed by atoms with Gasteiger partial charge in [-0.3, -0.25) is 14.6 Å². The highest BCUT2D eigenvalue weighted by molar-refractivity contribution is 5.96. The molecule has 7 nitrogen and oxygen atoms in total. The molecule has 0 radical (unpaired) electrons. The summed E-state index contributed by atoms with van der Waals surface area (Å²) in [7, 11) is 0. The maximum atomic E-state index is 12.8. The van der Waals surface area contributed by atoms with Crippen LogP contribution >= 0.6 is 0 Å². The summed E-state index contributed by atoms with van der Waals surface area (Å²) in [4.78, 5) is 29.3. The van der Waals surface area contributed by atoms with Crippen LogP contribution in [0.2, 0.25) is 0 Å². The molecule has 4 aliphatic carbocycles. The van der Waals surface area contributed by atoms with Crippen LogP contribution < -0.4 is 10.6 Å². The van der Waals surface area contributed by atoms with Crippen molar-refractivity contribution < 1.29 is 19.1 Å². The quantitative estimate of drug-likeness (QED) is 0.409. The Labute approximate surface area is 258 Å². The number of ether oxygens (including phenoxy) is 2. The average Bonchev–Trinajstić information content (AvgIpc) is 3.44. The van der Waals surface area contributed by atoms with Crippen LogP contribution in [0.4, 0.5) is 0 Å². The van der Waals surface area contributed by atoms with Crippen LogP contribution in [0, 0.1) is 52.3 Å². The van der Waals surface area contributed by atoms with Gasteiger partial charge >= 0.3 is 0 Å². The lowest BCUT2D eigenvalue weighted by atomic mass is 9.44. The van der Waals surface area contributed by atoms with Gasteiger partial charge < -0.3 is 20.1 Å². The highest BCUT2D eigenvalue weighted by atomic mass is 16.7. The predicted molar refractivity (Wildman–Crippen MR) is 164 cm³/mol. The molecule has 1 aromatic rings. The molecule has 7 rings (SSSR count). The molecule has 2 aliphatic heterocycles. The zero-order chi connectivity index (χ0) is 30.0. The van der Waals surface area contributed by atoms with E-state index in [0.29, 0.717) is 47.2 Å². The molecule has 4 saturated carbocycles. The van der Waals surface area contributed by atoms with Crippen LogP contribution in [0.15, 0.2) is 24.5 Å². The summed E-state index contributed by atoms with van der Waals surface area (Å²) >= 11 is 0. The summed E-state index contributed by atoms with van der Waals surface area (Å²) < 4.78 is 13.5. The van der Waals surface area contributed by atoms with E-state index in [1.54, 1.807) is 12.4 Å². The van der Waals surface area contributed by atoms with Gasteiger partial charge in [0.25, 0.3) is 0 Å². The van der Waals surface area contributed by atoms with E-state index < -0.39 is 0 Å². The van der Waals surface area contributed by atoms with Crippen LogP contribution in [-0.2, 0) is 25.6 Å². The van der Waals surface area contributed by atoms with Crippen molar-refractivity contribution >= 4 is 11.8 Å². The Kier molecular flexibility index (Phi) is 7.68. The second-order valence-electron chi connectivity index (χ2n) is 16.0. The molecular weight excluding hydrogens is 538 g/mol. The molecule has 2 amide bonds. The van der Waals surface area contributed by atoms with Gasteiger partial charge in [0.15, 0.2) is 5.79 Å². The molecule has 12 atom stereocenters. The number of carbonyl (C=O) groups is 2. The molecule has 1 aromatic heterocycles. The fourth-order valence-corrected chi connectivity index (χ4v) is 11.6. The summed E-state index contributed by atoms with van der Waals surface area (Å²) in [5.74, 6) is 3.97. The van der Waals surface area contributed by atoms with E-state index in [1.165, 1.54) is 44.9 Å².